The normalized spacial score (nSPS) is 11.0. The fourth-order valence-electron chi connectivity index (χ4n) is 1.66. The molecule has 2 rings (SSSR count). The van der Waals surface area contributed by atoms with Gasteiger partial charge in [0.2, 0.25) is 0 Å². The van der Waals surface area contributed by atoms with Gasteiger partial charge in [-0.05, 0) is 36.4 Å². The molecule has 0 aliphatic carbocycles. The minimum absolute atomic E-state index is 0.190. The fourth-order valence-corrected chi connectivity index (χ4v) is 2.02. The Morgan fingerprint density at radius 2 is 1.76 bits per heavy atom. The lowest BCUT2D eigenvalue weighted by atomic mass is 10.1. The van der Waals surface area contributed by atoms with E-state index in [1.54, 1.807) is 6.07 Å². The molecule has 0 atom stereocenters. The summed E-state index contributed by atoms with van der Waals surface area (Å²) in [7, 11) is 0. The number of alkyl halides is 3. The van der Waals surface area contributed by atoms with Crippen LogP contribution in [0, 0.1) is 17.1 Å². The molecule has 0 saturated heterocycles. The molecule has 0 aromatic heterocycles. The summed E-state index contributed by atoms with van der Waals surface area (Å²) in [5, 5.41) is 11.5. The van der Waals surface area contributed by atoms with E-state index < -0.39 is 17.6 Å². The van der Waals surface area contributed by atoms with Crippen LogP contribution in [0.2, 0.25) is 0 Å². The number of nitrogens with one attached hydrogen (secondary N) is 1. The van der Waals surface area contributed by atoms with Gasteiger partial charge < -0.3 is 5.32 Å². The van der Waals surface area contributed by atoms with Crippen molar-refractivity contribution >= 4 is 27.3 Å². The van der Waals surface area contributed by atoms with E-state index in [4.69, 9.17) is 5.26 Å². The molecular formula is C14H7BrF4N2. The van der Waals surface area contributed by atoms with Crippen molar-refractivity contribution in [2.75, 3.05) is 5.32 Å². The quantitative estimate of drug-likeness (QED) is 0.746. The largest absolute Gasteiger partial charge is 0.416 e. The van der Waals surface area contributed by atoms with E-state index in [1.807, 2.05) is 6.07 Å². The monoisotopic (exact) mass is 358 g/mol. The summed E-state index contributed by atoms with van der Waals surface area (Å²) in [4.78, 5) is 0. The van der Waals surface area contributed by atoms with Crippen molar-refractivity contribution in [3.8, 4) is 6.07 Å². The van der Waals surface area contributed by atoms with Gasteiger partial charge in [-0.1, -0.05) is 15.9 Å². The highest BCUT2D eigenvalue weighted by molar-refractivity contribution is 9.10. The highest BCUT2D eigenvalue weighted by Crippen LogP contribution is 2.33. The predicted octanol–water partition coefficient (Wildman–Crippen LogP) is 5.22. The second-order valence-corrected chi connectivity index (χ2v) is 5.03. The van der Waals surface area contributed by atoms with Gasteiger partial charge in [0.05, 0.1) is 22.5 Å². The molecule has 0 fully saturated rings. The first-order valence-electron chi connectivity index (χ1n) is 5.64. The fraction of sp³-hybridized carbons (Fsp3) is 0.0714. The maximum Gasteiger partial charge on any atom is 0.416 e. The van der Waals surface area contributed by atoms with Crippen molar-refractivity contribution in [2.45, 2.75) is 6.18 Å². The number of halogens is 5. The molecule has 0 spiro atoms. The van der Waals surface area contributed by atoms with Crippen LogP contribution in [0.5, 0.6) is 0 Å². The minimum Gasteiger partial charge on any atom is -0.352 e. The first-order valence-corrected chi connectivity index (χ1v) is 6.44. The summed E-state index contributed by atoms with van der Waals surface area (Å²) in [5.74, 6) is -0.841. The predicted molar refractivity (Wildman–Crippen MR) is 73.5 cm³/mol. The Labute approximate surface area is 126 Å². The van der Waals surface area contributed by atoms with Crippen molar-refractivity contribution in [3.63, 3.8) is 0 Å². The Balaban J connectivity index is 2.45. The number of nitriles is 1. The molecule has 0 aliphatic rings. The third-order valence-corrected chi connectivity index (χ3v) is 3.16. The lowest BCUT2D eigenvalue weighted by Gasteiger charge is -2.13. The maximum atomic E-state index is 13.7. The molecule has 7 heteroatoms. The number of nitrogens with zero attached hydrogens (tertiary/aromatic N) is 1. The summed E-state index contributed by atoms with van der Waals surface area (Å²) in [6, 6.07) is 8.49. The highest BCUT2D eigenvalue weighted by atomic mass is 79.9. The van der Waals surface area contributed by atoms with Gasteiger partial charge in [-0.15, -0.1) is 0 Å². The summed E-state index contributed by atoms with van der Waals surface area (Å²) in [6.07, 6.45) is -4.57. The number of benzene rings is 2. The molecule has 2 aromatic rings. The van der Waals surface area contributed by atoms with E-state index in [1.165, 1.54) is 12.1 Å². The lowest BCUT2D eigenvalue weighted by Crippen LogP contribution is -2.06. The van der Waals surface area contributed by atoms with Crippen LogP contribution in [0.4, 0.5) is 28.9 Å². The van der Waals surface area contributed by atoms with Crippen LogP contribution in [0.25, 0.3) is 0 Å². The van der Waals surface area contributed by atoms with Crippen LogP contribution in [0.3, 0.4) is 0 Å². The highest BCUT2D eigenvalue weighted by Gasteiger charge is 2.31. The number of hydrogen-bond donors (Lipinski definition) is 1. The van der Waals surface area contributed by atoms with Crippen LogP contribution >= 0.6 is 15.9 Å². The molecule has 0 unspecified atom stereocenters. The molecule has 2 aromatic carbocycles. The van der Waals surface area contributed by atoms with Crippen LogP contribution in [0.15, 0.2) is 40.9 Å². The Kier molecular flexibility index (Phi) is 4.19. The summed E-state index contributed by atoms with van der Waals surface area (Å²) in [5.41, 5.74) is -0.917. The Morgan fingerprint density at radius 3 is 2.38 bits per heavy atom. The molecule has 0 aliphatic heterocycles. The molecule has 0 radical (unpaired) electrons. The third kappa shape index (κ3) is 3.52. The summed E-state index contributed by atoms with van der Waals surface area (Å²) < 4.78 is 52.2. The zero-order valence-electron chi connectivity index (χ0n) is 10.3. The lowest BCUT2D eigenvalue weighted by molar-refractivity contribution is -0.137. The maximum absolute atomic E-state index is 13.7. The molecule has 0 amide bonds. The molecule has 0 bridgehead atoms. The van der Waals surface area contributed by atoms with Gasteiger partial charge in [0.1, 0.15) is 11.9 Å². The zero-order valence-corrected chi connectivity index (χ0v) is 11.9. The summed E-state index contributed by atoms with van der Waals surface area (Å²) >= 11 is 3.18. The van der Waals surface area contributed by atoms with E-state index in [0.717, 1.165) is 6.07 Å². The molecule has 108 valence electrons. The molecule has 2 nitrogen and oxygen atoms in total. The minimum atomic E-state index is -4.57. The third-order valence-electron chi connectivity index (χ3n) is 2.67. The van der Waals surface area contributed by atoms with Gasteiger partial charge in [-0.3, -0.25) is 0 Å². The van der Waals surface area contributed by atoms with Gasteiger partial charge >= 0.3 is 6.18 Å². The van der Waals surface area contributed by atoms with E-state index in [0.29, 0.717) is 16.6 Å². The van der Waals surface area contributed by atoms with Crippen LogP contribution in [-0.2, 0) is 6.18 Å². The SMILES string of the molecule is N#Cc1ccc(Br)cc1Nc1cc(C(F)(F)F)ccc1F. The smallest absolute Gasteiger partial charge is 0.352 e. The van der Waals surface area contributed by atoms with Gasteiger partial charge in [-0.2, -0.15) is 18.4 Å². The summed E-state index contributed by atoms with van der Waals surface area (Å²) in [6.45, 7) is 0. The average molecular weight is 359 g/mol. The molecule has 21 heavy (non-hydrogen) atoms. The Hall–Kier alpha value is -2.07. The van der Waals surface area contributed by atoms with E-state index in [2.05, 4.69) is 21.2 Å². The standard InChI is InChI=1S/C14H7BrF4N2/c15-10-3-1-8(7-20)12(6-10)21-13-5-9(14(17,18)19)2-4-11(13)16/h1-6,21H. The molecule has 0 saturated carbocycles. The van der Waals surface area contributed by atoms with Gasteiger partial charge in [-0.25, -0.2) is 4.39 Å². The number of anilines is 2. The number of hydrogen-bond acceptors (Lipinski definition) is 2. The van der Waals surface area contributed by atoms with Crippen LogP contribution in [-0.4, -0.2) is 0 Å². The number of rotatable bonds is 2. The Morgan fingerprint density at radius 1 is 1.05 bits per heavy atom. The second kappa shape index (κ2) is 5.74. The first kappa shape index (κ1) is 15.3. The second-order valence-electron chi connectivity index (χ2n) is 4.12. The average Bonchev–Trinajstić information content (AvgIpc) is 2.40. The van der Waals surface area contributed by atoms with Gasteiger partial charge in [0.15, 0.2) is 0 Å². The van der Waals surface area contributed by atoms with Crippen molar-refractivity contribution < 1.29 is 17.6 Å². The van der Waals surface area contributed by atoms with Gasteiger partial charge in [0.25, 0.3) is 0 Å². The van der Waals surface area contributed by atoms with Crippen molar-refractivity contribution in [1.29, 1.82) is 5.26 Å². The zero-order chi connectivity index (χ0) is 15.6. The van der Waals surface area contributed by atoms with Crippen LogP contribution < -0.4 is 5.32 Å². The van der Waals surface area contributed by atoms with Crippen LogP contribution in [0.1, 0.15) is 11.1 Å². The van der Waals surface area contributed by atoms with E-state index in [9.17, 15) is 17.6 Å². The molecule has 0 heterocycles. The van der Waals surface area contributed by atoms with Gasteiger partial charge in [0, 0.05) is 4.47 Å². The van der Waals surface area contributed by atoms with E-state index in [-0.39, 0.29) is 16.9 Å². The Bertz CT molecular complexity index is 720. The topological polar surface area (TPSA) is 35.8 Å². The molecule has 1 N–H and O–H groups in total. The van der Waals surface area contributed by atoms with E-state index >= 15 is 0 Å². The van der Waals surface area contributed by atoms with Crippen molar-refractivity contribution in [1.82, 2.24) is 0 Å². The van der Waals surface area contributed by atoms with Crippen molar-refractivity contribution in [2.24, 2.45) is 0 Å². The molecular weight excluding hydrogens is 352 g/mol. The van der Waals surface area contributed by atoms with Crippen molar-refractivity contribution in [3.05, 3.63) is 57.8 Å². The first-order chi connectivity index (χ1) is 9.81.